The fraction of sp³-hybridized carbons (Fsp3) is 0.333. The fourth-order valence-electron chi connectivity index (χ4n) is 3.16. The van der Waals surface area contributed by atoms with E-state index in [0.29, 0.717) is 18.6 Å². The zero-order chi connectivity index (χ0) is 13.8. The van der Waals surface area contributed by atoms with Gasteiger partial charge in [-0.05, 0) is 29.7 Å². The molecule has 2 aromatic rings. The van der Waals surface area contributed by atoms with Gasteiger partial charge in [0.25, 0.3) is 0 Å². The third kappa shape index (κ3) is 2.77. The van der Waals surface area contributed by atoms with Crippen LogP contribution in [0.2, 0.25) is 0 Å². The molecule has 2 nitrogen and oxygen atoms in total. The first-order valence-corrected chi connectivity index (χ1v) is 7.24. The van der Waals surface area contributed by atoms with Crippen LogP contribution >= 0.6 is 0 Å². The second-order valence-corrected chi connectivity index (χ2v) is 5.42. The van der Waals surface area contributed by atoms with Crippen LogP contribution in [0, 0.1) is 0 Å². The van der Waals surface area contributed by atoms with Gasteiger partial charge < -0.3 is 10.1 Å². The van der Waals surface area contributed by atoms with Crippen LogP contribution in [-0.4, -0.2) is 13.7 Å². The van der Waals surface area contributed by atoms with Gasteiger partial charge in [0.15, 0.2) is 0 Å². The van der Waals surface area contributed by atoms with Gasteiger partial charge in [-0.2, -0.15) is 0 Å². The molecule has 2 atom stereocenters. The lowest BCUT2D eigenvalue weighted by atomic mass is 9.87. The van der Waals surface area contributed by atoms with Crippen molar-refractivity contribution >= 4 is 0 Å². The van der Waals surface area contributed by atoms with Gasteiger partial charge in [0, 0.05) is 19.1 Å². The summed E-state index contributed by atoms with van der Waals surface area (Å²) in [6.45, 7) is 1.76. The largest absolute Gasteiger partial charge is 0.380 e. The molecule has 0 saturated carbocycles. The maximum absolute atomic E-state index is 5.24. The molecule has 0 aromatic heterocycles. The molecule has 1 fully saturated rings. The van der Waals surface area contributed by atoms with Gasteiger partial charge in [-0.25, -0.2) is 0 Å². The SMILES string of the molecule is COCc1cccc(C2NCCC2c2ccccc2)c1. The van der Waals surface area contributed by atoms with E-state index in [0.717, 1.165) is 6.54 Å². The maximum atomic E-state index is 5.24. The molecule has 2 aromatic carbocycles. The van der Waals surface area contributed by atoms with Crippen LogP contribution in [0.4, 0.5) is 0 Å². The Labute approximate surface area is 120 Å². The molecule has 0 radical (unpaired) electrons. The van der Waals surface area contributed by atoms with Crippen LogP contribution in [0.15, 0.2) is 54.6 Å². The first-order chi connectivity index (χ1) is 9.88. The predicted octanol–water partition coefficient (Wildman–Crippen LogP) is 3.65. The van der Waals surface area contributed by atoms with Gasteiger partial charge in [0.1, 0.15) is 0 Å². The summed E-state index contributed by atoms with van der Waals surface area (Å²) in [7, 11) is 1.74. The van der Waals surface area contributed by atoms with E-state index in [1.54, 1.807) is 7.11 Å². The lowest BCUT2D eigenvalue weighted by molar-refractivity contribution is 0.185. The van der Waals surface area contributed by atoms with Gasteiger partial charge in [-0.1, -0.05) is 54.6 Å². The second kappa shape index (κ2) is 6.21. The number of methoxy groups -OCH3 is 1. The smallest absolute Gasteiger partial charge is 0.0713 e. The van der Waals surface area contributed by atoms with Crippen LogP contribution in [0.1, 0.15) is 35.1 Å². The van der Waals surface area contributed by atoms with E-state index in [2.05, 4.69) is 59.9 Å². The summed E-state index contributed by atoms with van der Waals surface area (Å²) < 4.78 is 5.24. The Kier molecular flexibility index (Phi) is 4.14. The molecule has 0 aliphatic carbocycles. The molecule has 0 spiro atoms. The number of nitrogens with one attached hydrogen (secondary N) is 1. The molecule has 1 aliphatic heterocycles. The van der Waals surface area contributed by atoms with Crippen LogP contribution in [0.5, 0.6) is 0 Å². The summed E-state index contributed by atoms with van der Waals surface area (Å²) in [5.74, 6) is 0.564. The lowest BCUT2D eigenvalue weighted by Gasteiger charge is -2.21. The van der Waals surface area contributed by atoms with E-state index in [1.165, 1.54) is 23.1 Å². The number of ether oxygens (including phenoxy) is 1. The van der Waals surface area contributed by atoms with Crippen LogP contribution < -0.4 is 5.32 Å². The number of benzene rings is 2. The molecule has 20 heavy (non-hydrogen) atoms. The van der Waals surface area contributed by atoms with Crippen LogP contribution in [0.25, 0.3) is 0 Å². The molecular weight excluding hydrogens is 246 g/mol. The zero-order valence-corrected chi connectivity index (χ0v) is 11.9. The molecule has 2 heteroatoms. The van der Waals surface area contributed by atoms with E-state index in [1.807, 2.05) is 0 Å². The molecule has 1 aliphatic rings. The van der Waals surface area contributed by atoms with Crippen molar-refractivity contribution in [1.82, 2.24) is 5.32 Å². The Morgan fingerprint density at radius 1 is 1.05 bits per heavy atom. The van der Waals surface area contributed by atoms with Crippen molar-refractivity contribution in [3.05, 3.63) is 71.3 Å². The Bertz CT molecular complexity index is 552. The highest BCUT2D eigenvalue weighted by Crippen LogP contribution is 2.37. The summed E-state index contributed by atoms with van der Waals surface area (Å²) in [4.78, 5) is 0. The average Bonchev–Trinajstić information content (AvgIpc) is 2.98. The third-order valence-electron chi connectivity index (χ3n) is 4.07. The summed E-state index contributed by atoms with van der Waals surface area (Å²) >= 11 is 0. The highest BCUT2D eigenvalue weighted by molar-refractivity contribution is 5.32. The molecule has 1 saturated heterocycles. The Morgan fingerprint density at radius 2 is 1.85 bits per heavy atom. The maximum Gasteiger partial charge on any atom is 0.0713 e. The van der Waals surface area contributed by atoms with Crippen molar-refractivity contribution in [2.24, 2.45) is 0 Å². The number of hydrogen-bond donors (Lipinski definition) is 1. The summed E-state index contributed by atoms with van der Waals surface area (Å²) in [5.41, 5.74) is 4.04. The van der Waals surface area contributed by atoms with Gasteiger partial charge in [0.2, 0.25) is 0 Å². The minimum absolute atomic E-state index is 0.411. The van der Waals surface area contributed by atoms with E-state index in [9.17, 15) is 0 Å². The highest BCUT2D eigenvalue weighted by Gasteiger charge is 2.29. The van der Waals surface area contributed by atoms with Gasteiger partial charge in [0.05, 0.1) is 6.61 Å². The molecule has 1 N–H and O–H groups in total. The fourth-order valence-corrected chi connectivity index (χ4v) is 3.16. The van der Waals surface area contributed by atoms with Crippen molar-refractivity contribution in [3.63, 3.8) is 0 Å². The summed E-state index contributed by atoms with van der Waals surface area (Å²) in [5, 5.41) is 3.65. The minimum Gasteiger partial charge on any atom is -0.380 e. The van der Waals surface area contributed by atoms with Crippen molar-refractivity contribution in [3.8, 4) is 0 Å². The predicted molar refractivity (Wildman–Crippen MR) is 81.7 cm³/mol. The average molecular weight is 267 g/mol. The lowest BCUT2D eigenvalue weighted by Crippen LogP contribution is -2.17. The number of rotatable bonds is 4. The molecule has 1 heterocycles. The highest BCUT2D eigenvalue weighted by atomic mass is 16.5. The first kappa shape index (κ1) is 13.3. The van der Waals surface area contributed by atoms with Gasteiger partial charge in [-0.15, -0.1) is 0 Å². The van der Waals surface area contributed by atoms with E-state index in [-0.39, 0.29) is 0 Å². The minimum atomic E-state index is 0.411. The molecule has 104 valence electrons. The Morgan fingerprint density at radius 3 is 2.65 bits per heavy atom. The Balaban J connectivity index is 1.87. The van der Waals surface area contributed by atoms with Gasteiger partial charge in [-0.3, -0.25) is 0 Å². The quantitative estimate of drug-likeness (QED) is 0.913. The van der Waals surface area contributed by atoms with Crippen molar-refractivity contribution in [2.75, 3.05) is 13.7 Å². The van der Waals surface area contributed by atoms with Gasteiger partial charge >= 0.3 is 0 Å². The van der Waals surface area contributed by atoms with E-state index >= 15 is 0 Å². The van der Waals surface area contributed by atoms with E-state index in [4.69, 9.17) is 4.74 Å². The molecule has 3 rings (SSSR count). The van der Waals surface area contributed by atoms with Crippen molar-refractivity contribution in [2.45, 2.75) is 25.0 Å². The second-order valence-electron chi connectivity index (χ2n) is 5.42. The van der Waals surface area contributed by atoms with E-state index < -0.39 is 0 Å². The zero-order valence-electron chi connectivity index (χ0n) is 11.9. The number of hydrogen-bond acceptors (Lipinski definition) is 2. The monoisotopic (exact) mass is 267 g/mol. The van der Waals surface area contributed by atoms with Crippen LogP contribution in [0.3, 0.4) is 0 Å². The van der Waals surface area contributed by atoms with Crippen molar-refractivity contribution in [1.29, 1.82) is 0 Å². The molecule has 0 amide bonds. The van der Waals surface area contributed by atoms with Crippen LogP contribution in [-0.2, 0) is 11.3 Å². The molecule has 2 unspecified atom stereocenters. The molecular formula is C18H21NO. The molecule has 0 bridgehead atoms. The standard InChI is InChI=1S/C18H21NO/c1-20-13-14-6-5-9-16(12-14)18-17(10-11-19-18)15-7-3-2-4-8-15/h2-9,12,17-19H,10-11,13H2,1H3. The summed E-state index contributed by atoms with van der Waals surface area (Å²) in [6, 6.07) is 20.0. The Hall–Kier alpha value is -1.64. The third-order valence-corrected chi connectivity index (χ3v) is 4.07. The topological polar surface area (TPSA) is 21.3 Å². The summed E-state index contributed by atoms with van der Waals surface area (Å²) in [6.07, 6.45) is 1.20. The normalized spacial score (nSPS) is 22.1. The van der Waals surface area contributed by atoms with Crippen molar-refractivity contribution < 1.29 is 4.74 Å². The first-order valence-electron chi connectivity index (χ1n) is 7.24.